The summed E-state index contributed by atoms with van der Waals surface area (Å²) in [6, 6.07) is 8.63. The molecule has 0 bridgehead atoms. The number of carbonyl (C=O) groups excluding carboxylic acids is 1. The highest BCUT2D eigenvalue weighted by Crippen LogP contribution is 2.29. The summed E-state index contributed by atoms with van der Waals surface area (Å²) in [5.74, 6) is 1.04. The van der Waals surface area contributed by atoms with E-state index in [1.165, 1.54) is 62.0 Å². The number of nitrogens with zero attached hydrogens (tertiary/aromatic N) is 5. The molecule has 34 heavy (non-hydrogen) atoms. The number of Topliss-reactive ketones (excluding diaryl/α,β-unsaturated/α-hetero) is 1. The van der Waals surface area contributed by atoms with Gasteiger partial charge in [0.25, 0.3) is 0 Å². The van der Waals surface area contributed by atoms with Crippen molar-refractivity contribution in [2.75, 3.05) is 32.7 Å². The fourth-order valence-electron chi connectivity index (χ4n) is 5.40. The molecule has 2 aliphatic heterocycles. The van der Waals surface area contributed by atoms with Crippen molar-refractivity contribution in [2.45, 2.75) is 52.0 Å². The van der Waals surface area contributed by atoms with Gasteiger partial charge >= 0.3 is 0 Å². The monoisotopic (exact) mass is 459 g/mol. The van der Waals surface area contributed by atoms with E-state index in [9.17, 15) is 4.79 Å². The molecule has 0 spiro atoms. The second-order valence-corrected chi connectivity index (χ2v) is 10.4. The number of pyridine rings is 1. The molecule has 6 heteroatoms. The van der Waals surface area contributed by atoms with E-state index >= 15 is 0 Å². The van der Waals surface area contributed by atoms with Crippen LogP contribution < -0.4 is 0 Å². The molecule has 2 saturated heterocycles. The molecule has 2 aliphatic rings. The SMILES string of the molecule is CC1CCN(CC(=O)Cc2cc3cc(-c4cnn(C)c4CN4CCCCC4)ccc3cn2)CC1. The van der Waals surface area contributed by atoms with E-state index in [-0.39, 0.29) is 5.78 Å². The number of rotatable bonds is 7. The predicted octanol–water partition coefficient (Wildman–Crippen LogP) is 4.46. The van der Waals surface area contributed by atoms with Crippen molar-refractivity contribution < 1.29 is 4.79 Å². The maximum Gasteiger partial charge on any atom is 0.152 e. The molecule has 0 atom stereocenters. The fraction of sp³-hybridized carbons (Fsp3) is 0.536. The molecule has 1 aromatic carbocycles. The number of aromatic nitrogens is 3. The molecule has 180 valence electrons. The van der Waals surface area contributed by atoms with Crippen LogP contribution in [0.25, 0.3) is 21.9 Å². The highest BCUT2D eigenvalue weighted by molar-refractivity contribution is 5.89. The Morgan fingerprint density at radius 2 is 1.76 bits per heavy atom. The largest absolute Gasteiger partial charge is 0.298 e. The molecule has 0 amide bonds. The van der Waals surface area contributed by atoms with E-state index < -0.39 is 0 Å². The first-order valence-electron chi connectivity index (χ1n) is 12.9. The van der Waals surface area contributed by atoms with Gasteiger partial charge in [0, 0.05) is 36.4 Å². The van der Waals surface area contributed by atoms with Crippen LogP contribution in [0.3, 0.4) is 0 Å². The zero-order chi connectivity index (χ0) is 23.5. The molecule has 0 radical (unpaired) electrons. The Hall–Kier alpha value is -2.57. The number of benzene rings is 1. The minimum Gasteiger partial charge on any atom is -0.298 e. The molecule has 2 aromatic heterocycles. The minimum absolute atomic E-state index is 0.258. The summed E-state index contributed by atoms with van der Waals surface area (Å²) in [5, 5.41) is 6.82. The zero-order valence-corrected chi connectivity index (χ0v) is 20.7. The lowest BCUT2D eigenvalue weighted by Crippen LogP contribution is -2.37. The van der Waals surface area contributed by atoms with Gasteiger partial charge in [0.1, 0.15) is 0 Å². The summed E-state index contributed by atoms with van der Waals surface area (Å²) < 4.78 is 2.02. The van der Waals surface area contributed by atoms with E-state index in [2.05, 4.69) is 51.1 Å². The second kappa shape index (κ2) is 10.4. The number of ketones is 1. The van der Waals surface area contributed by atoms with Crippen molar-refractivity contribution in [1.29, 1.82) is 0 Å². The molecule has 5 rings (SSSR count). The molecule has 0 aliphatic carbocycles. The van der Waals surface area contributed by atoms with Crippen LogP contribution in [0.4, 0.5) is 0 Å². The van der Waals surface area contributed by atoms with Gasteiger partial charge in [0.2, 0.25) is 0 Å². The number of carbonyl (C=O) groups is 1. The average Bonchev–Trinajstić information content (AvgIpc) is 3.20. The van der Waals surface area contributed by atoms with Crippen LogP contribution in [0.1, 0.15) is 50.4 Å². The summed E-state index contributed by atoms with van der Waals surface area (Å²) in [7, 11) is 2.04. The molecular formula is C28H37N5O. The van der Waals surface area contributed by atoms with E-state index in [0.29, 0.717) is 13.0 Å². The van der Waals surface area contributed by atoms with Crippen LogP contribution >= 0.6 is 0 Å². The smallest absolute Gasteiger partial charge is 0.152 e. The second-order valence-electron chi connectivity index (χ2n) is 10.4. The number of piperidine rings is 2. The molecule has 6 nitrogen and oxygen atoms in total. The lowest BCUT2D eigenvalue weighted by Gasteiger charge is -2.29. The van der Waals surface area contributed by atoms with E-state index in [0.717, 1.165) is 42.0 Å². The number of likely N-dealkylation sites (tertiary alicyclic amines) is 2. The molecule has 0 N–H and O–H groups in total. The summed E-state index contributed by atoms with van der Waals surface area (Å²) in [4.78, 5) is 22.2. The lowest BCUT2D eigenvalue weighted by molar-refractivity contribution is -0.119. The Morgan fingerprint density at radius 3 is 2.56 bits per heavy atom. The van der Waals surface area contributed by atoms with Crippen molar-refractivity contribution in [3.8, 4) is 11.1 Å². The van der Waals surface area contributed by atoms with Gasteiger partial charge in [-0.2, -0.15) is 5.10 Å². The van der Waals surface area contributed by atoms with Crippen molar-refractivity contribution in [3.63, 3.8) is 0 Å². The van der Waals surface area contributed by atoms with Gasteiger partial charge in [-0.1, -0.05) is 25.5 Å². The van der Waals surface area contributed by atoms with Gasteiger partial charge in [-0.25, -0.2) is 0 Å². The highest BCUT2D eigenvalue weighted by Gasteiger charge is 2.19. The van der Waals surface area contributed by atoms with Crippen molar-refractivity contribution in [1.82, 2.24) is 24.6 Å². The maximum atomic E-state index is 12.7. The van der Waals surface area contributed by atoms with Gasteiger partial charge in [0.15, 0.2) is 5.78 Å². The fourth-order valence-corrected chi connectivity index (χ4v) is 5.40. The van der Waals surface area contributed by atoms with Gasteiger partial charge in [-0.05, 0) is 80.9 Å². The third-order valence-electron chi connectivity index (χ3n) is 7.63. The van der Waals surface area contributed by atoms with Crippen LogP contribution in [-0.4, -0.2) is 63.1 Å². The van der Waals surface area contributed by atoms with Crippen LogP contribution in [-0.2, 0) is 24.8 Å². The van der Waals surface area contributed by atoms with Crippen molar-refractivity contribution in [2.24, 2.45) is 13.0 Å². The average molecular weight is 460 g/mol. The first kappa shape index (κ1) is 23.2. The molecule has 0 saturated carbocycles. The first-order chi connectivity index (χ1) is 16.5. The van der Waals surface area contributed by atoms with E-state index in [4.69, 9.17) is 0 Å². The number of hydrogen-bond acceptors (Lipinski definition) is 5. The van der Waals surface area contributed by atoms with Gasteiger partial charge in [0.05, 0.1) is 24.9 Å². The van der Waals surface area contributed by atoms with Crippen LogP contribution in [0.5, 0.6) is 0 Å². The Labute approximate surface area is 203 Å². The number of hydrogen-bond donors (Lipinski definition) is 0. The van der Waals surface area contributed by atoms with Crippen LogP contribution in [0.15, 0.2) is 36.7 Å². The lowest BCUT2D eigenvalue weighted by atomic mass is 9.99. The Bertz CT molecular complexity index is 1140. The Morgan fingerprint density at radius 1 is 0.971 bits per heavy atom. The molecule has 2 fully saturated rings. The Balaban J connectivity index is 1.32. The summed E-state index contributed by atoms with van der Waals surface area (Å²) in [6.45, 7) is 8.19. The Kier molecular flexibility index (Phi) is 7.07. The molecule has 3 aromatic rings. The normalized spacial score (nSPS) is 18.5. The zero-order valence-electron chi connectivity index (χ0n) is 20.7. The quantitative estimate of drug-likeness (QED) is 0.522. The minimum atomic E-state index is 0.258. The van der Waals surface area contributed by atoms with Crippen molar-refractivity contribution >= 4 is 16.6 Å². The summed E-state index contributed by atoms with van der Waals surface area (Å²) in [6.07, 6.45) is 10.6. The predicted molar refractivity (Wildman–Crippen MR) is 137 cm³/mol. The third-order valence-corrected chi connectivity index (χ3v) is 7.63. The molecule has 4 heterocycles. The topological polar surface area (TPSA) is 54.3 Å². The van der Waals surface area contributed by atoms with Crippen molar-refractivity contribution in [3.05, 3.63) is 48.0 Å². The number of aryl methyl sites for hydroxylation is 1. The maximum absolute atomic E-state index is 12.7. The van der Waals surface area contributed by atoms with Crippen LogP contribution in [0.2, 0.25) is 0 Å². The molecule has 0 unspecified atom stereocenters. The summed E-state index contributed by atoms with van der Waals surface area (Å²) in [5.41, 5.74) is 4.50. The highest BCUT2D eigenvalue weighted by atomic mass is 16.1. The van der Waals surface area contributed by atoms with Gasteiger partial charge in [-0.3, -0.25) is 24.3 Å². The standard InChI is InChI=1S/C28H37N5O/c1-21-8-12-33(13-9-21)19-26(34)16-25-15-24-14-22(6-7-23(24)17-29-25)27-18-30-31(2)28(27)20-32-10-4-3-5-11-32/h6-7,14-15,17-18,21H,3-5,8-13,16,19-20H2,1-2H3. The van der Waals surface area contributed by atoms with Crippen LogP contribution in [0, 0.1) is 5.92 Å². The van der Waals surface area contributed by atoms with Gasteiger partial charge < -0.3 is 0 Å². The van der Waals surface area contributed by atoms with E-state index in [1.54, 1.807) is 0 Å². The van der Waals surface area contributed by atoms with E-state index in [1.807, 2.05) is 24.1 Å². The van der Waals surface area contributed by atoms with Gasteiger partial charge in [-0.15, -0.1) is 0 Å². The number of fused-ring (bicyclic) bond motifs is 1. The molecular weight excluding hydrogens is 422 g/mol. The first-order valence-corrected chi connectivity index (χ1v) is 12.9. The third kappa shape index (κ3) is 5.39. The summed E-state index contributed by atoms with van der Waals surface area (Å²) >= 11 is 0.